The second-order valence-electron chi connectivity index (χ2n) is 4.70. The molecule has 4 nitrogen and oxygen atoms in total. The van der Waals surface area contributed by atoms with Gasteiger partial charge in [-0.15, -0.1) is 19.0 Å². The zero-order valence-electron chi connectivity index (χ0n) is 11.3. The third kappa shape index (κ3) is 4.59. The Balaban J connectivity index is 0.00000200. The van der Waals surface area contributed by atoms with Crippen molar-refractivity contribution in [3.63, 3.8) is 0 Å². The van der Waals surface area contributed by atoms with Crippen molar-refractivity contribution in [2.75, 3.05) is 18.8 Å². The van der Waals surface area contributed by atoms with Crippen molar-refractivity contribution in [2.45, 2.75) is 18.9 Å². The van der Waals surface area contributed by atoms with Gasteiger partial charge in [-0.2, -0.15) is 0 Å². The van der Waals surface area contributed by atoms with Gasteiger partial charge in [-0.1, -0.05) is 30.3 Å². The van der Waals surface area contributed by atoms with Crippen LogP contribution < -0.4 is 10.0 Å². The maximum absolute atomic E-state index is 11.8. The van der Waals surface area contributed by atoms with Gasteiger partial charge in [0.25, 0.3) is 0 Å². The second-order valence-corrected chi connectivity index (χ2v) is 6.63. The maximum Gasteiger partial charge on any atom is 0.211 e. The Morgan fingerprint density at radius 3 is 2.90 bits per heavy atom. The quantitative estimate of drug-likeness (QED) is 0.787. The Hall–Kier alpha value is -0.880. The molecule has 1 atom stereocenters. The largest absolute Gasteiger partial charge is 0.308 e. The van der Waals surface area contributed by atoms with Gasteiger partial charge in [0.2, 0.25) is 10.0 Å². The molecular formula is C14H21ClN2O2S. The SMILES string of the molecule is C=CCCS(=O)(=O)NCC1NCCc2ccccc21.Cl. The fraction of sp³-hybridized carbons (Fsp3) is 0.429. The van der Waals surface area contributed by atoms with Gasteiger partial charge in [-0.25, -0.2) is 13.1 Å². The van der Waals surface area contributed by atoms with E-state index in [4.69, 9.17) is 0 Å². The van der Waals surface area contributed by atoms with Crippen LogP contribution in [0.2, 0.25) is 0 Å². The number of fused-ring (bicyclic) bond motifs is 1. The maximum atomic E-state index is 11.8. The summed E-state index contributed by atoms with van der Waals surface area (Å²) in [6.45, 7) is 4.82. The predicted molar refractivity (Wildman–Crippen MR) is 84.7 cm³/mol. The zero-order chi connectivity index (χ0) is 13.7. The van der Waals surface area contributed by atoms with E-state index in [1.807, 2.05) is 12.1 Å². The molecule has 0 radical (unpaired) electrons. The number of rotatable bonds is 6. The molecule has 0 amide bonds. The van der Waals surface area contributed by atoms with Crippen LogP contribution in [0.1, 0.15) is 23.6 Å². The molecule has 0 saturated heterocycles. The Morgan fingerprint density at radius 2 is 2.15 bits per heavy atom. The van der Waals surface area contributed by atoms with Crippen LogP contribution in [0.3, 0.4) is 0 Å². The number of hydrogen-bond acceptors (Lipinski definition) is 3. The van der Waals surface area contributed by atoms with Crippen molar-refractivity contribution in [1.82, 2.24) is 10.0 Å². The molecule has 112 valence electrons. The summed E-state index contributed by atoms with van der Waals surface area (Å²) in [7, 11) is -3.21. The number of benzene rings is 1. The highest BCUT2D eigenvalue weighted by atomic mass is 35.5. The molecule has 0 saturated carbocycles. The highest BCUT2D eigenvalue weighted by molar-refractivity contribution is 7.89. The standard InChI is InChI=1S/C14H20N2O2S.ClH/c1-2-3-10-19(17,18)16-11-14-13-7-5-4-6-12(13)8-9-15-14;/h2,4-7,14-16H,1,3,8-11H2;1H. The van der Waals surface area contributed by atoms with Crippen molar-refractivity contribution in [2.24, 2.45) is 0 Å². The van der Waals surface area contributed by atoms with Crippen LogP contribution in [-0.4, -0.2) is 27.3 Å². The molecule has 1 unspecified atom stereocenters. The minimum Gasteiger partial charge on any atom is -0.308 e. The third-order valence-corrected chi connectivity index (χ3v) is 4.69. The van der Waals surface area contributed by atoms with Crippen LogP contribution in [0.25, 0.3) is 0 Å². The zero-order valence-corrected chi connectivity index (χ0v) is 13.0. The molecule has 0 bridgehead atoms. The molecule has 2 rings (SSSR count). The average Bonchev–Trinajstić information content (AvgIpc) is 2.43. The van der Waals surface area contributed by atoms with E-state index in [2.05, 4.69) is 28.8 Å². The Morgan fingerprint density at radius 1 is 1.40 bits per heavy atom. The fourth-order valence-corrected chi connectivity index (χ4v) is 3.34. The molecule has 1 aromatic carbocycles. The van der Waals surface area contributed by atoms with Crippen molar-refractivity contribution < 1.29 is 8.42 Å². The molecule has 1 aliphatic heterocycles. The van der Waals surface area contributed by atoms with E-state index < -0.39 is 10.0 Å². The first-order chi connectivity index (χ1) is 9.12. The van der Waals surface area contributed by atoms with E-state index in [9.17, 15) is 8.42 Å². The first kappa shape index (κ1) is 17.2. The van der Waals surface area contributed by atoms with Gasteiger partial charge < -0.3 is 5.32 Å². The van der Waals surface area contributed by atoms with Gasteiger partial charge >= 0.3 is 0 Å². The Bertz CT molecular complexity index is 546. The lowest BCUT2D eigenvalue weighted by Crippen LogP contribution is -2.39. The molecule has 2 N–H and O–H groups in total. The lowest BCUT2D eigenvalue weighted by atomic mass is 9.95. The second kappa shape index (κ2) is 7.78. The van der Waals surface area contributed by atoms with Gasteiger partial charge in [-0.05, 0) is 30.5 Å². The van der Waals surface area contributed by atoms with Crippen molar-refractivity contribution in [3.8, 4) is 0 Å². The number of hydrogen-bond donors (Lipinski definition) is 2. The van der Waals surface area contributed by atoms with Gasteiger partial charge in [0.05, 0.1) is 5.75 Å². The normalized spacial score (nSPS) is 17.9. The number of sulfonamides is 1. The fourth-order valence-electron chi connectivity index (χ4n) is 2.30. The van der Waals surface area contributed by atoms with E-state index in [0.717, 1.165) is 13.0 Å². The topological polar surface area (TPSA) is 58.2 Å². The highest BCUT2D eigenvalue weighted by Crippen LogP contribution is 2.21. The average molecular weight is 317 g/mol. The minimum atomic E-state index is -3.21. The third-order valence-electron chi connectivity index (χ3n) is 3.31. The van der Waals surface area contributed by atoms with Crippen LogP contribution in [0.4, 0.5) is 0 Å². The lowest BCUT2D eigenvalue weighted by Gasteiger charge is -2.27. The van der Waals surface area contributed by atoms with Crippen molar-refractivity contribution in [1.29, 1.82) is 0 Å². The highest BCUT2D eigenvalue weighted by Gasteiger charge is 2.20. The minimum absolute atomic E-state index is 0. The van der Waals surface area contributed by atoms with Gasteiger partial charge in [-0.3, -0.25) is 0 Å². The first-order valence-electron chi connectivity index (χ1n) is 6.52. The monoisotopic (exact) mass is 316 g/mol. The predicted octanol–water partition coefficient (Wildman–Crippen LogP) is 1.79. The van der Waals surface area contributed by atoms with Crippen molar-refractivity contribution >= 4 is 22.4 Å². The summed E-state index contributed by atoms with van der Waals surface area (Å²) in [6.07, 6.45) is 3.09. The summed E-state index contributed by atoms with van der Waals surface area (Å²) in [6, 6.07) is 8.24. The molecule has 0 aromatic heterocycles. The van der Waals surface area contributed by atoms with E-state index in [1.54, 1.807) is 6.08 Å². The molecular weight excluding hydrogens is 296 g/mol. The molecule has 20 heavy (non-hydrogen) atoms. The smallest absolute Gasteiger partial charge is 0.211 e. The summed E-state index contributed by atoms with van der Waals surface area (Å²) >= 11 is 0. The van der Waals surface area contributed by atoms with E-state index in [0.29, 0.717) is 13.0 Å². The van der Waals surface area contributed by atoms with Crippen LogP contribution in [0, 0.1) is 0 Å². The molecule has 0 aliphatic carbocycles. The van der Waals surface area contributed by atoms with Crippen LogP contribution in [0.15, 0.2) is 36.9 Å². The molecule has 1 heterocycles. The van der Waals surface area contributed by atoms with Gasteiger partial charge in [0, 0.05) is 12.6 Å². The Labute approximate surface area is 127 Å². The summed E-state index contributed by atoms with van der Waals surface area (Å²) in [4.78, 5) is 0. The summed E-state index contributed by atoms with van der Waals surface area (Å²) in [5.41, 5.74) is 2.50. The molecule has 1 aliphatic rings. The van der Waals surface area contributed by atoms with Crippen molar-refractivity contribution in [3.05, 3.63) is 48.0 Å². The van der Waals surface area contributed by atoms with Gasteiger partial charge in [0.1, 0.15) is 0 Å². The molecule has 0 fully saturated rings. The number of nitrogens with one attached hydrogen (secondary N) is 2. The molecule has 6 heteroatoms. The number of halogens is 1. The summed E-state index contributed by atoms with van der Waals surface area (Å²) in [5, 5.41) is 3.36. The summed E-state index contributed by atoms with van der Waals surface area (Å²) < 4.78 is 26.2. The van der Waals surface area contributed by atoms with E-state index in [1.165, 1.54) is 11.1 Å². The Kier molecular flexibility index (Phi) is 6.68. The van der Waals surface area contributed by atoms with Crippen LogP contribution >= 0.6 is 12.4 Å². The lowest BCUT2D eigenvalue weighted by molar-refractivity contribution is 0.491. The number of allylic oxidation sites excluding steroid dienone is 1. The van der Waals surface area contributed by atoms with Crippen LogP contribution in [0.5, 0.6) is 0 Å². The van der Waals surface area contributed by atoms with Crippen LogP contribution in [-0.2, 0) is 16.4 Å². The van der Waals surface area contributed by atoms with E-state index >= 15 is 0 Å². The first-order valence-corrected chi connectivity index (χ1v) is 8.17. The van der Waals surface area contributed by atoms with Gasteiger partial charge in [0.15, 0.2) is 0 Å². The van der Waals surface area contributed by atoms with E-state index in [-0.39, 0.29) is 24.2 Å². The molecule has 0 spiro atoms. The summed E-state index contributed by atoms with van der Waals surface area (Å²) in [5.74, 6) is 0.102. The molecule has 1 aromatic rings.